The summed E-state index contributed by atoms with van der Waals surface area (Å²) >= 11 is 0. The van der Waals surface area contributed by atoms with Crippen molar-refractivity contribution in [3.8, 4) is 39.6 Å². The molecule has 1 aromatic heterocycles. The van der Waals surface area contributed by atoms with E-state index in [-0.39, 0.29) is 5.75 Å². The fraction of sp³-hybridized carbons (Fsp3) is 0.118. The van der Waals surface area contributed by atoms with Crippen molar-refractivity contribution in [3.63, 3.8) is 0 Å². The highest BCUT2D eigenvalue weighted by atomic mass is 16.5. The third-order valence-corrected chi connectivity index (χ3v) is 3.51. The van der Waals surface area contributed by atoms with Crippen molar-refractivity contribution in [3.05, 3.63) is 48.7 Å². The van der Waals surface area contributed by atoms with Crippen LogP contribution in [0.1, 0.15) is 0 Å². The third kappa shape index (κ3) is 2.37. The number of H-pyrrole nitrogens is 1. The Bertz CT molecular complexity index is 796. The molecular weight excluding hydrogens is 280 g/mol. The van der Waals surface area contributed by atoms with Crippen molar-refractivity contribution in [2.75, 3.05) is 14.2 Å². The first-order chi connectivity index (χ1) is 10.7. The summed E-state index contributed by atoms with van der Waals surface area (Å²) in [5.41, 5.74) is 3.14. The minimum atomic E-state index is 0.125. The Kier molecular flexibility index (Phi) is 3.70. The van der Waals surface area contributed by atoms with Gasteiger partial charge in [-0.3, -0.25) is 5.10 Å². The molecule has 1 heterocycles. The second-order valence-electron chi connectivity index (χ2n) is 4.74. The quantitative estimate of drug-likeness (QED) is 0.773. The number of hydrogen-bond acceptors (Lipinski definition) is 4. The van der Waals surface area contributed by atoms with Crippen LogP contribution in [0.5, 0.6) is 17.2 Å². The number of phenols is 1. The largest absolute Gasteiger partial charge is 0.507 e. The minimum absolute atomic E-state index is 0.125. The second kappa shape index (κ2) is 5.81. The van der Waals surface area contributed by atoms with E-state index < -0.39 is 0 Å². The van der Waals surface area contributed by atoms with Crippen LogP contribution in [-0.4, -0.2) is 29.5 Å². The van der Waals surface area contributed by atoms with E-state index in [1.54, 1.807) is 38.6 Å². The normalized spacial score (nSPS) is 10.5. The van der Waals surface area contributed by atoms with Crippen LogP contribution in [0.2, 0.25) is 0 Å². The second-order valence-corrected chi connectivity index (χ2v) is 4.74. The van der Waals surface area contributed by atoms with Gasteiger partial charge in [0, 0.05) is 22.8 Å². The molecule has 0 fully saturated rings. The first-order valence-corrected chi connectivity index (χ1v) is 6.78. The lowest BCUT2D eigenvalue weighted by Crippen LogP contribution is -1.89. The lowest BCUT2D eigenvalue weighted by molar-refractivity contribution is 0.408. The Morgan fingerprint density at radius 1 is 0.955 bits per heavy atom. The van der Waals surface area contributed by atoms with E-state index in [4.69, 9.17) is 9.47 Å². The van der Waals surface area contributed by atoms with Gasteiger partial charge >= 0.3 is 0 Å². The number of hydrogen-bond donors (Lipinski definition) is 2. The van der Waals surface area contributed by atoms with E-state index in [0.717, 1.165) is 22.6 Å². The van der Waals surface area contributed by atoms with Crippen molar-refractivity contribution in [2.24, 2.45) is 0 Å². The molecule has 0 aliphatic heterocycles. The Morgan fingerprint density at radius 2 is 1.77 bits per heavy atom. The summed E-state index contributed by atoms with van der Waals surface area (Å²) in [6, 6.07) is 12.8. The number of nitrogens with zero attached hydrogens (tertiary/aromatic N) is 1. The Morgan fingerprint density at radius 3 is 2.50 bits per heavy atom. The van der Waals surface area contributed by atoms with Crippen LogP contribution in [0.25, 0.3) is 22.4 Å². The maximum Gasteiger partial charge on any atom is 0.128 e. The molecule has 0 atom stereocenters. The van der Waals surface area contributed by atoms with Crippen molar-refractivity contribution in [1.82, 2.24) is 10.2 Å². The van der Waals surface area contributed by atoms with Gasteiger partial charge in [-0.1, -0.05) is 18.2 Å². The number of rotatable bonds is 4. The Hall–Kier alpha value is -2.95. The summed E-state index contributed by atoms with van der Waals surface area (Å²) in [5, 5.41) is 17.3. The fourth-order valence-corrected chi connectivity index (χ4v) is 2.41. The van der Waals surface area contributed by atoms with Crippen molar-refractivity contribution >= 4 is 0 Å². The number of aromatic amines is 1. The molecule has 0 aliphatic rings. The Labute approximate surface area is 128 Å². The van der Waals surface area contributed by atoms with Crippen LogP contribution in [0, 0.1) is 0 Å². The van der Waals surface area contributed by atoms with Gasteiger partial charge in [0.15, 0.2) is 0 Å². The van der Waals surface area contributed by atoms with E-state index in [9.17, 15) is 5.11 Å². The van der Waals surface area contributed by atoms with Gasteiger partial charge in [0.05, 0.1) is 26.1 Å². The number of methoxy groups -OCH3 is 2. The standard InChI is InChI=1S/C17H16N2O3/c1-21-11-7-8-13(15(20)9-11)17-14(10-18-19-17)12-5-3-4-6-16(12)22-2/h3-10,20H,1-2H3,(H,18,19). The molecule has 0 aliphatic carbocycles. The number of para-hydroxylation sites is 1. The predicted molar refractivity (Wildman–Crippen MR) is 84.2 cm³/mol. The van der Waals surface area contributed by atoms with E-state index in [1.807, 2.05) is 24.3 Å². The third-order valence-electron chi connectivity index (χ3n) is 3.51. The SMILES string of the molecule is COc1ccc(-c2[nH]ncc2-c2ccccc2OC)c(O)c1. The monoisotopic (exact) mass is 296 g/mol. The highest BCUT2D eigenvalue weighted by Crippen LogP contribution is 2.39. The molecule has 0 spiro atoms. The molecule has 0 bridgehead atoms. The first kappa shape index (κ1) is 14.0. The van der Waals surface area contributed by atoms with Gasteiger partial charge in [-0.25, -0.2) is 0 Å². The number of nitrogens with one attached hydrogen (secondary N) is 1. The molecule has 0 radical (unpaired) electrons. The molecule has 0 saturated carbocycles. The fourth-order valence-electron chi connectivity index (χ4n) is 2.41. The highest BCUT2D eigenvalue weighted by Gasteiger charge is 2.16. The molecule has 0 unspecified atom stereocenters. The van der Waals surface area contributed by atoms with Crippen LogP contribution < -0.4 is 9.47 Å². The molecule has 5 heteroatoms. The molecule has 5 nitrogen and oxygen atoms in total. The maximum absolute atomic E-state index is 10.2. The zero-order chi connectivity index (χ0) is 15.5. The van der Waals surface area contributed by atoms with E-state index in [0.29, 0.717) is 11.3 Å². The summed E-state index contributed by atoms with van der Waals surface area (Å²) in [7, 11) is 3.19. The van der Waals surface area contributed by atoms with E-state index in [1.165, 1.54) is 0 Å². The number of ether oxygens (including phenoxy) is 2. The molecule has 22 heavy (non-hydrogen) atoms. The van der Waals surface area contributed by atoms with Crippen molar-refractivity contribution < 1.29 is 14.6 Å². The van der Waals surface area contributed by atoms with Crippen LogP contribution in [0.15, 0.2) is 48.7 Å². The summed E-state index contributed by atoms with van der Waals surface area (Å²) < 4.78 is 10.5. The average Bonchev–Trinajstić information content (AvgIpc) is 3.03. The number of benzene rings is 2. The summed E-state index contributed by atoms with van der Waals surface area (Å²) in [4.78, 5) is 0. The minimum Gasteiger partial charge on any atom is -0.507 e. The van der Waals surface area contributed by atoms with Crippen LogP contribution in [0.4, 0.5) is 0 Å². The smallest absolute Gasteiger partial charge is 0.128 e. The highest BCUT2D eigenvalue weighted by molar-refractivity contribution is 5.85. The summed E-state index contributed by atoms with van der Waals surface area (Å²) in [6.07, 6.45) is 1.72. The van der Waals surface area contributed by atoms with Gasteiger partial charge < -0.3 is 14.6 Å². The van der Waals surface area contributed by atoms with Crippen LogP contribution in [-0.2, 0) is 0 Å². The van der Waals surface area contributed by atoms with Crippen LogP contribution >= 0.6 is 0 Å². The van der Waals surface area contributed by atoms with Gasteiger partial charge in [-0.05, 0) is 18.2 Å². The van der Waals surface area contributed by atoms with Crippen LogP contribution in [0.3, 0.4) is 0 Å². The molecule has 3 aromatic rings. The lowest BCUT2D eigenvalue weighted by atomic mass is 10.0. The van der Waals surface area contributed by atoms with Gasteiger partial charge in [0.1, 0.15) is 17.2 Å². The zero-order valence-electron chi connectivity index (χ0n) is 12.3. The zero-order valence-corrected chi connectivity index (χ0v) is 12.3. The average molecular weight is 296 g/mol. The Balaban J connectivity index is 2.13. The van der Waals surface area contributed by atoms with E-state index in [2.05, 4.69) is 10.2 Å². The lowest BCUT2D eigenvalue weighted by Gasteiger charge is -2.10. The summed E-state index contributed by atoms with van der Waals surface area (Å²) in [5.74, 6) is 1.47. The predicted octanol–water partition coefficient (Wildman–Crippen LogP) is 3.47. The molecule has 2 N–H and O–H groups in total. The van der Waals surface area contributed by atoms with Gasteiger partial charge in [0.25, 0.3) is 0 Å². The van der Waals surface area contributed by atoms with E-state index >= 15 is 0 Å². The van der Waals surface area contributed by atoms with Gasteiger partial charge in [-0.15, -0.1) is 0 Å². The van der Waals surface area contributed by atoms with Crippen molar-refractivity contribution in [1.29, 1.82) is 0 Å². The number of phenolic OH excluding ortho intramolecular Hbond substituents is 1. The molecule has 2 aromatic carbocycles. The maximum atomic E-state index is 10.2. The van der Waals surface area contributed by atoms with Crippen molar-refractivity contribution in [2.45, 2.75) is 0 Å². The van der Waals surface area contributed by atoms with Gasteiger partial charge in [-0.2, -0.15) is 5.10 Å². The first-order valence-electron chi connectivity index (χ1n) is 6.78. The molecule has 0 saturated heterocycles. The topological polar surface area (TPSA) is 67.4 Å². The summed E-state index contributed by atoms with van der Waals surface area (Å²) in [6.45, 7) is 0. The van der Waals surface area contributed by atoms with Gasteiger partial charge in [0.2, 0.25) is 0 Å². The molecule has 0 amide bonds. The number of aromatic hydroxyl groups is 1. The molecule has 112 valence electrons. The molecule has 3 rings (SSSR count). The number of aromatic nitrogens is 2. The molecular formula is C17H16N2O3.